The molecule has 1 aromatic carbocycles. The monoisotopic (exact) mass is 393 g/mol. The third-order valence-corrected chi connectivity index (χ3v) is 4.65. The van der Waals surface area contributed by atoms with Gasteiger partial charge in [-0.15, -0.1) is 0 Å². The number of anilines is 1. The Hall–Kier alpha value is -3.22. The lowest BCUT2D eigenvalue weighted by atomic mass is 9.87. The number of rotatable bonds is 6. The number of amides is 1. The molecular formula is C22H27N5O2. The number of hydrogen-bond acceptors (Lipinski definition) is 4. The number of carbonyl (C=O) groups excluding carboxylic acids is 1. The molecule has 3 rings (SSSR count). The van der Waals surface area contributed by atoms with Crippen molar-refractivity contribution in [3.05, 3.63) is 75.8 Å². The maximum Gasteiger partial charge on any atom is 0.277 e. The van der Waals surface area contributed by atoms with Crippen LogP contribution in [0.15, 0.2) is 53.5 Å². The van der Waals surface area contributed by atoms with Crippen LogP contribution in [0.3, 0.4) is 0 Å². The molecule has 0 saturated carbocycles. The largest absolute Gasteiger partial charge is 0.305 e. The Kier molecular flexibility index (Phi) is 5.96. The molecule has 1 amide bonds. The quantitative estimate of drug-likeness (QED) is 0.695. The predicted octanol–water partition coefficient (Wildman–Crippen LogP) is 3.45. The molecular weight excluding hydrogens is 366 g/mol. The van der Waals surface area contributed by atoms with Gasteiger partial charge in [-0.25, -0.2) is 9.36 Å². The molecule has 7 heteroatoms. The summed E-state index contributed by atoms with van der Waals surface area (Å²) in [7, 11) is 0. The van der Waals surface area contributed by atoms with E-state index in [1.54, 1.807) is 16.9 Å². The summed E-state index contributed by atoms with van der Waals surface area (Å²) in [5.74, 6) is 0.199. The summed E-state index contributed by atoms with van der Waals surface area (Å²) in [6, 6.07) is 13.0. The first kappa shape index (κ1) is 20.5. The number of hydrogen-bond donors (Lipinski definition) is 1. The maximum absolute atomic E-state index is 12.6. The molecule has 0 fully saturated rings. The SMILES string of the molecule is CCCn1nc(C(=O)Nc2ccnn2Cc2ccc(C(C)(C)C)cc2)ccc1=O. The van der Waals surface area contributed by atoms with Crippen molar-refractivity contribution >= 4 is 11.7 Å². The van der Waals surface area contributed by atoms with Gasteiger partial charge in [-0.1, -0.05) is 52.0 Å². The van der Waals surface area contributed by atoms with Crippen LogP contribution in [0.5, 0.6) is 0 Å². The van der Waals surface area contributed by atoms with Crippen molar-refractivity contribution in [3.63, 3.8) is 0 Å². The summed E-state index contributed by atoms with van der Waals surface area (Å²) in [5, 5.41) is 11.3. The fourth-order valence-corrected chi connectivity index (χ4v) is 2.97. The van der Waals surface area contributed by atoms with Crippen molar-refractivity contribution in [2.75, 3.05) is 5.32 Å². The lowest BCUT2D eigenvalue weighted by molar-refractivity contribution is 0.101. The van der Waals surface area contributed by atoms with E-state index in [2.05, 4.69) is 60.6 Å². The number of aromatic nitrogens is 4. The van der Waals surface area contributed by atoms with E-state index in [-0.39, 0.29) is 22.6 Å². The van der Waals surface area contributed by atoms with Gasteiger partial charge in [0.1, 0.15) is 11.5 Å². The first-order valence-electron chi connectivity index (χ1n) is 9.78. The molecule has 0 spiro atoms. The molecule has 3 aromatic rings. The van der Waals surface area contributed by atoms with Crippen molar-refractivity contribution in [1.82, 2.24) is 19.6 Å². The van der Waals surface area contributed by atoms with E-state index in [0.29, 0.717) is 18.9 Å². The third-order valence-electron chi connectivity index (χ3n) is 4.65. The second-order valence-electron chi connectivity index (χ2n) is 8.06. The van der Waals surface area contributed by atoms with Gasteiger partial charge in [-0.05, 0) is 29.0 Å². The minimum Gasteiger partial charge on any atom is -0.305 e. The standard InChI is InChI=1S/C22H27N5O2/c1-5-14-26-20(28)11-10-18(25-26)21(29)24-19-12-13-23-27(19)15-16-6-8-17(9-7-16)22(2,3)4/h6-13H,5,14-15H2,1-4H3,(H,24,29). The number of nitrogens with one attached hydrogen (secondary N) is 1. The predicted molar refractivity (Wildman–Crippen MR) is 113 cm³/mol. The van der Waals surface area contributed by atoms with Crippen molar-refractivity contribution < 1.29 is 4.79 Å². The molecule has 0 radical (unpaired) electrons. The minimum atomic E-state index is -0.375. The van der Waals surface area contributed by atoms with Crippen LogP contribution in [0, 0.1) is 0 Å². The summed E-state index contributed by atoms with van der Waals surface area (Å²) < 4.78 is 3.04. The molecule has 0 unspecified atom stereocenters. The molecule has 7 nitrogen and oxygen atoms in total. The number of nitrogens with zero attached hydrogens (tertiary/aromatic N) is 4. The molecule has 2 heterocycles. The zero-order chi connectivity index (χ0) is 21.0. The number of aryl methyl sites for hydroxylation is 1. The van der Waals surface area contributed by atoms with E-state index in [0.717, 1.165) is 12.0 Å². The average molecular weight is 393 g/mol. The Balaban J connectivity index is 1.74. The van der Waals surface area contributed by atoms with Crippen LogP contribution in [0.1, 0.15) is 55.7 Å². The van der Waals surface area contributed by atoms with Gasteiger partial charge >= 0.3 is 0 Å². The fraction of sp³-hybridized carbons (Fsp3) is 0.364. The zero-order valence-corrected chi connectivity index (χ0v) is 17.3. The fourth-order valence-electron chi connectivity index (χ4n) is 2.97. The topological polar surface area (TPSA) is 81.8 Å². The van der Waals surface area contributed by atoms with Crippen molar-refractivity contribution in [2.45, 2.75) is 52.6 Å². The second-order valence-corrected chi connectivity index (χ2v) is 8.06. The summed E-state index contributed by atoms with van der Waals surface area (Å²) >= 11 is 0. The van der Waals surface area contributed by atoms with Crippen LogP contribution in [-0.4, -0.2) is 25.5 Å². The van der Waals surface area contributed by atoms with E-state index >= 15 is 0 Å². The highest BCUT2D eigenvalue weighted by Gasteiger charge is 2.15. The second kappa shape index (κ2) is 8.43. The van der Waals surface area contributed by atoms with Crippen LogP contribution < -0.4 is 10.9 Å². The van der Waals surface area contributed by atoms with Gasteiger partial charge in [0, 0.05) is 18.7 Å². The Labute approximate surface area is 170 Å². The van der Waals surface area contributed by atoms with Gasteiger partial charge in [-0.2, -0.15) is 10.2 Å². The molecule has 152 valence electrons. The Bertz CT molecular complexity index is 1040. The van der Waals surface area contributed by atoms with Crippen molar-refractivity contribution in [1.29, 1.82) is 0 Å². The van der Waals surface area contributed by atoms with Gasteiger partial charge in [-0.3, -0.25) is 9.59 Å². The van der Waals surface area contributed by atoms with Crippen molar-refractivity contribution in [2.24, 2.45) is 0 Å². The molecule has 0 aliphatic rings. The van der Waals surface area contributed by atoms with E-state index in [1.807, 2.05) is 6.92 Å². The Morgan fingerprint density at radius 3 is 2.41 bits per heavy atom. The third kappa shape index (κ3) is 4.99. The molecule has 2 aromatic heterocycles. The lowest BCUT2D eigenvalue weighted by Crippen LogP contribution is -2.26. The van der Waals surface area contributed by atoms with E-state index in [1.165, 1.54) is 22.4 Å². The summed E-state index contributed by atoms with van der Waals surface area (Å²) in [6.07, 6.45) is 2.41. The summed E-state index contributed by atoms with van der Waals surface area (Å²) in [4.78, 5) is 24.4. The van der Waals surface area contributed by atoms with E-state index in [4.69, 9.17) is 0 Å². The summed E-state index contributed by atoms with van der Waals surface area (Å²) in [5.41, 5.74) is 2.44. The van der Waals surface area contributed by atoms with Gasteiger partial charge in [0.25, 0.3) is 11.5 Å². The molecule has 0 aliphatic carbocycles. The van der Waals surface area contributed by atoms with E-state index < -0.39 is 0 Å². The molecule has 29 heavy (non-hydrogen) atoms. The molecule has 0 bridgehead atoms. The summed E-state index contributed by atoms with van der Waals surface area (Å²) in [6.45, 7) is 9.51. The first-order chi connectivity index (χ1) is 13.8. The molecule has 0 saturated heterocycles. The minimum absolute atomic E-state index is 0.102. The highest BCUT2D eigenvalue weighted by atomic mass is 16.2. The van der Waals surface area contributed by atoms with Crippen LogP contribution in [0.2, 0.25) is 0 Å². The van der Waals surface area contributed by atoms with E-state index in [9.17, 15) is 9.59 Å². The highest BCUT2D eigenvalue weighted by Crippen LogP contribution is 2.22. The molecule has 1 N–H and O–H groups in total. The van der Waals surface area contributed by atoms with Gasteiger partial charge in [0.05, 0.1) is 12.7 Å². The van der Waals surface area contributed by atoms with Crippen LogP contribution >= 0.6 is 0 Å². The van der Waals surface area contributed by atoms with Crippen LogP contribution in [-0.2, 0) is 18.5 Å². The zero-order valence-electron chi connectivity index (χ0n) is 17.3. The van der Waals surface area contributed by atoms with Crippen LogP contribution in [0.4, 0.5) is 5.82 Å². The van der Waals surface area contributed by atoms with Crippen LogP contribution in [0.25, 0.3) is 0 Å². The smallest absolute Gasteiger partial charge is 0.277 e. The number of carbonyl (C=O) groups is 1. The maximum atomic E-state index is 12.6. The van der Waals surface area contributed by atoms with Gasteiger partial charge in [0.15, 0.2) is 0 Å². The average Bonchev–Trinajstić information content (AvgIpc) is 3.10. The molecule has 0 aliphatic heterocycles. The van der Waals surface area contributed by atoms with Gasteiger partial charge in [0.2, 0.25) is 0 Å². The normalized spacial score (nSPS) is 11.4. The highest BCUT2D eigenvalue weighted by molar-refractivity contribution is 6.02. The molecule has 0 atom stereocenters. The Morgan fingerprint density at radius 2 is 1.76 bits per heavy atom. The lowest BCUT2D eigenvalue weighted by Gasteiger charge is -2.19. The first-order valence-corrected chi connectivity index (χ1v) is 9.78. The van der Waals surface area contributed by atoms with Gasteiger partial charge < -0.3 is 5.32 Å². The Morgan fingerprint density at radius 1 is 1.03 bits per heavy atom. The number of benzene rings is 1. The van der Waals surface area contributed by atoms with Crippen molar-refractivity contribution in [3.8, 4) is 0 Å².